The van der Waals surface area contributed by atoms with E-state index in [1.165, 1.54) is 5.57 Å². The second kappa shape index (κ2) is 6.35. The summed E-state index contributed by atoms with van der Waals surface area (Å²) >= 11 is -2.40. The number of carbonyl (C=O) groups excluding carboxylic acids is 1. The summed E-state index contributed by atoms with van der Waals surface area (Å²) in [6.45, 7) is 10.7. The molecule has 1 aromatic rings. The average Bonchev–Trinajstić information content (AvgIpc) is 2.93. The number of benzene rings is 1. The molecule has 130 valence electrons. The predicted molar refractivity (Wildman–Crippen MR) is 98.9 cm³/mol. The molecule has 2 aliphatic carbocycles. The van der Waals surface area contributed by atoms with Gasteiger partial charge >= 0.3 is 150 Å². The average molecular weight is 391 g/mol. The first-order chi connectivity index (χ1) is 11.3. The molecule has 3 heteroatoms. The van der Waals surface area contributed by atoms with E-state index >= 15 is 0 Å². The number of ketones is 1. The number of allylic oxidation sites excluding steroid dienone is 1. The molecule has 0 aliphatic heterocycles. The first-order valence-electron chi connectivity index (χ1n) is 8.99. The van der Waals surface area contributed by atoms with Crippen LogP contribution in [0.1, 0.15) is 52.9 Å². The SMILES string of the molecule is C=C1CCC[C@]1(C)[C@@]1(C)CCC(C)C([Se](=O)c2ccccc2)C1=O. The van der Waals surface area contributed by atoms with Gasteiger partial charge in [0.25, 0.3) is 0 Å². The quantitative estimate of drug-likeness (QED) is 0.564. The Balaban J connectivity index is 1.98. The van der Waals surface area contributed by atoms with Crippen molar-refractivity contribution >= 4 is 24.1 Å². The van der Waals surface area contributed by atoms with Crippen molar-refractivity contribution in [2.75, 3.05) is 0 Å². The van der Waals surface area contributed by atoms with Crippen LogP contribution >= 0.6 is 0 Å². The molecule has 0 spiro atoms. The van der Waals surface area contributed by atoms with Gasteiger partial charge in [-0.15, -0.1) is 0 Å². The molecule has 1 aromatic carbocycles. The molecule has 2 aliphatic rings. The minimum atomic E-state index is -2.40. The topological polar surface area (TPSA) is 34.1 Å². The van der Waals surface area contributed by atoms with Crippen molar-refractivity contribution in [1.29, 1.82) is 0 Å². The zero-order chi connectivity index (χ0) is 17.5. The van der Waals surface area contributed by atoms with Crippen molar-refractivity contribution in [3.63, 3.8) is 0 Å². The Morgan fingerprint density at radius 1 is 1.12 bits per heavy atom. The molecule has 5 atom stereocenters. The summed E-state index contributed by atoms with van der Waals surface area (Å²) in [6.07, 6.45) is 5.05. The number of Topliss-reactive ketones (excluding diaryl/α,β-unsaturated/α-hetero) is 1. The van der Waals surface area contributed by atoms with Gasteiger partial charge in [-0.05, 0) is 0 Å². The molecule has 0 amide bonds. The molecule has 0 N–H and O–H groups in total. The molecular formula is C21H28O2Se. The molecule has 2 fully saturated rings. The Bertz CT molecular complexity index is 680. The summed E-state index contributed by atoms with van der Waals surface area (Å²) in [5.41, 5.74) is 0.665. The summed E-state index contributed by atoms with van der Waals surface area (Å²) < 4.78 is 14.1. The standard InChI is InChI=1S/C21H28O2Se/c1-15-12-14-21(4,20(3)13-8-9-16(20)2)19(22)18(15)24(23)17-10-6-5-7-11-17/h5-7,10-11,15,18H,2,8-9,12-14H2,1,3-4H3/t15?,18?,20-,21-,24?/m0/s1. The van der Waals surface area contributed by atoms with Crippen LogP contribution in [0.5, 0.6) is 0 Å². The van der Waals surface area contributed by atoms with E-state index in [2.05, 4.69) is 27.4 Å². The second-order valence-electron chi connectivity index (χ2n) is 8.03. The first kappa shape index (κ1) is 17.8. The fourth-order valence-corrected chi connectivity index (χ4v) is 8.33. The number of hydrogen-bond donors (Lipinski definition) is 0. The minimum absolute atomic E-state index is 0.134. The van der Waals surface area contributed by atoms with E-state index in [1.807, 2.05) is 30.3 Å². The third-order valence-corrected chi connectivity index (χ3v) is 10.7. The van der Waals surface area contributed by atoms with Crippen LogP contribution in [0, 0.1) is 16.7 Å². The molecule has 24 heavy (non-hydrogen) atoms. The van der Waals surface area contributed by atoms with E-state index in [0.29, 0.717) is 0 Å². The third kappa shape index (κ3) is 2.57. The van der Waals surface area contributed by atoms with E-state index < -0.39 is 19.2 Å². The number of rotatable bonds is 3. The van der Waals surface area contributed by atoms with E-state index in [4.69, 9.17) is 0 Å². The van der Waals surface area contributed by atoms with Crippen LogP contribution in [0.15, 0.2) is 42.5 Å². The van der Waals surface area contributed by atoms with Crippen molar-refractivity contribution in [3.8, 4) is 0 Å². The number of hydrogen-bond acceptors (Lipinski definition) is 2. The van der Waals surface area contributed by atoms with Crippen LogP contribution in [-0.4, -0.2) is 19.6 Å². The Kier molecular flexibility index (Phi) is 4.70. The van der Waals surface area contributed by atoms with Crippen molar-refractivity contribution in [2.24, 2.45) is 16.7 Å². The van der Waals surface area contributed by atoms with Crippen LogP contribution < -0.4 is 4.46 Å². The molecule has 0 saturated heterocycles. The Morgan fingerprint density at radius 2 is 1.79 bits per heavy atom. The van der Waals surface area contributed by atoms with Crippen molar-refractivity contribution in [2.45, 2.75) is 57.7 Å². The summed E-state index contributed by atoms with van der Waals surface area (Å²) in [5, 5.41) is 0. The molecular weight excluding hydrogens is 363 g/mol. The Morgan fingerprint density at radius 3 is 2.38 bits per heavy atom. The van der Waals surface area contributed by atoms with E-state index in [1.54, 1.807) is 0 Å². The van der Waals surface area contributed by atoms with Crippen LogP contribution in [0.25, 0.3) is 0 Å². The van der Waals surface area contributed by atoms with Crippen LogP contribution in [0.3, 0.4) is 0 Å². The van der Waals surface area contributed by atoms with Gasteiger partial charge in [0.05, 0.1) is 0 Å². The van der Waals surface area contributed by atoms with Crippen LogP contribution in [0.4, 0.5) is 0 Å². The van der Waals surface area contributed by atoms with E-state index in [0.717, 1.165) is 36.6 Å². The normalized spacial score (nSPS) is 38.3. The van der Waals surface area contributed by atoms with Crippen LogP contribution in [0.2, 0.25) is 4.82 Å². The third-order valence-electron chi connectivity index (χ3n) is 6.78. The molecule has 3 unspecified atom stereocenters. The van der Waals surface area contributed by atoms with Gasteiger partial charge in [-0.2, -0.15) is 0 Å². The van der Waals surface area contributed by atoms with Gasteiger partial charge in [-0.3, -0.25) is 0 Å². The van der Waals surface area contributed by atoms with E-state index in [9.17, 15) is 8.63 Å². The molecule has 0 aromatic heterocycles. The summed E-state index contributed by atoms with van der Waals surface area (Å²) in [4.78, 5) is 13.3. The fraction of sp³-hybridized carbons (Fsp3) is 0.571. The fourth-order valence-electron chi connectivity index (χ4n) is 4.69. The summed E-state index contributed by atoms with van der Waals surface area (Å²) in [5.74, 6) is 0.433. The van der Waals surface area contributed by atoms with Gasteiger partial charge in [-0.25, -0.2) is 0 Å². The summed E-state index contributed by atoms with van der Waals surface area (Å²) in [7, 11) is 0. The maximum absolute atomic E-state index is 13.6. The van der Waals surface area contributed by atoms with Crippen LogP contribution in [-0.2, 0) is 8.63 Å². The number of carbonyl (C=O) groups is 1. The second-order valence-corrected chi connectivity index (χ2v) is 11.3. The zero-order valence-electron chi connectivity index (χ0n) is 15.0. The Labute approximate surface area is 149 Å². The molecule has 0 radical (unpaired) electrons. The van der Waals surface area contributed by atoms with Gasteiger partial charge in [0.2, 0.25) is 0 Å². The van der Waals surface area contributed by atoms with Gasteiger partial charge in [0, 0.05) is 0 Å². The molecule has 0 bridgehead atoms. The van der Waals surface area contributed by atoms with Gasteiger partial charge < -0.3 is 0 Å². The van der Waals surface area contributed by atoms with Crippen molar-refractivity contribution in [1.82, 2.24) is 0 Å². The van der Waals surface area contributed by atoms with Gasteiger partial charge in [0.1, 0.15) is 0 Å². The van der Waals surface area contributed by atoms with E-state index in [-0.39, 0.29) is 21.9 Å². The molecule has 0 heterocycles. The monoisotopic (exact) mass is 392 g/mol. The molecule has 2 nitrogen and oxygen atoms in total. The Hall–Kier alpha value is -1.05. The summed E-state index contributed by atoms with van der Waals surface area (Å²) in [6, 6.07) is 9.60. The first-order valence-corrected chi connectivity index (χ1v) is 11.5. The van der Waals surface area contributed by atoms with Gasteiger partial charge in [-0.1, -0.05) is 0 Å². The molecule has 3 rings (SSSR count). The van der Waals surface area contributed by atoms with Crippen molar-refractivity contribution in [3.05, 3.63) is 42.5 Å². The molecule has 2 saturated carbocycles. The zero-order valence-corrected chi connectivity index (χ0v) is 16.7. The van der Waals surface area contributed by atoms with Crippen molar-refractivity contribution < 1.29 is 8.63 Å². The predicted octanol–water partition coefficient (Wildman–Crippen LogP) is 4.44. The maximum atomic E-state index is 13.6. The van der Waals surface area contributed by atoms with Gasteiger partial charge in [0.15, 0.2) is 0 Å².